The number of methoxy groups -OCH3 is 1. The number of rotatable bonds is 5. The molecule has 0 aliphatic rings. The zero-order chi connectivity index (χ0) is 13.1. The highest BCUT2D eigenvalue weighted by molar-refractivity contribution is 5.25. The summed E-state index contributed by atoms with van der Waals surface area (Å²) >= 11 is 0. The number of nitrogens with one attached hydrogen (secondary N) is 1. The van der Waals surface area contributed by atoms with Crippen LogP contribution in [0.25, 0.3) is 0 Å². The van der Waals surface area contributed by atoms with Gasteiger partial charge in [-0.15, -0.1) is 0 Å². The third-order valence-corrected chi connectivity index (χ3v) is 3.36. The number of halogens is 2. The second kappa shape index (κ2) is 5.56. The Morgan fingerprint density at radius 1 is 1.41 bits per heavy atom. The summed E-state index contributed by atoms with van der Waals surface area (Å²) in [6.45, 7) is 3.82. The van der Waals surface area contributed by atoms with Gasteiger partial charge in [0.1, 0.15) is 0 Å². The Hall–Kier alpha value is -1.00. The molecular formula is C13H19F2NO. The molecule has 1 rings (SSSR count). The van der Waals surface area contributed by atoms with Crippen LogP contribution in [0.4, 0.5) is 8.78 Å². The van der Waals surface area contributed by atoms with E-state index in [4.69, 9.17) is 4.74 Å². The first-order chi connectivity index (χ1) is 8.00. The van der Waals surface area contributed by atoms with Crippen LogP contribution in [0.5, 0.6) is 0 Å². The zero-order valence-corrected chi connectivity index (χ0v) is 10.7. The average molecular weight is 243 g/mol. The van der Waals surface area contributed by atoms with Gasteiger partial charge in [0, 0.05) is 12.7 Å². The van der Waals surface area contributed by atoms with Crippen LogP contribution in [-0.2, 0) is 4.74 Å². The quantitative estimate of drug-likeness (QED) is 0.858. The number of hydrogen-bond donors (Lipinski definition) is 1. The van der Waals surface area contributed by atoms with Crippen LogP contribution in [0.3, 0.4) is 0 Å². The third-order valence-electron chi connectivity index (χ3n) is 3.36. The summed E-state index contributed by atoms with van der Waals surface area (Å²) in [4.78, 5) is 0. The van der Waals surface area contributed by atoms with E-state index in [1.807, 2.05) is 13.8 Å². The molecule has 0 radical (unpaired) electrons. The Labute approximate surface area is 101 Å². The molecular weight excluding hydrogens is 224 g/mol. The van der Waals surface area contributed by atoms with Crippen molar-refractivity contribution in [2.75, 3.05) is 14.2 Å². The van der Waals surface area contributed by atoms with Gasteiger partial charge in [-0.1, -0.05) is 19.1 Å². The number of benzene rings is 1. The molecule has 0 aliphatic carbocycles. The van der Waals surface area contributed by atoms with E-state index in [0.29, 0.717) is 12.0 Å². The molecule has 2 unspecified atom stereocenters. The molecule has 2 nitrogen and oxygen atoms in total. The fourth-order valence-electron chi connectivity index (χ4n) is 2.00. The van der Waals surface area contributed by atoms with Crippen molar-refractivity contribution in [1.29, 1.82) is 0 Å². The summed E-state index contributed by atoms with van der Waals surface area (Å²) in [5.74, 6) is -1.65. The molecule has 4 heteroatoms. The summed E-state index contributed by atoms with van der Waals surface area (Å²) < 4.78 is 32.4. The third kappa shape index (κ3) is 2.64. The monoisotopic (exact) mass is 243 g/mol. The standard InChI is InChI=1S/C13H19F2NO/c1-5-13(2,17-4)12(16-3)9-7-6-8-10(14)11(9)15/h6-8,12,16H,5H2,1-4H3. The van der Waals surface area contributed by atoms with Crippen LogP contribution in [0.15, 0.2) is 18.2 Å². The van der Waals surface area contributed by atoms with Crippen LogP contribution in [0.1, 0.15) is 31.9 Å². The highest BCUT2D eigenvalue weighted by Crippen LogP contribution is 2.33. The van der Waals surface area contributed by atoms with E-state index in [1.165, 1.54) is 6.07 Å². The second-order valence-electron chi connectivity index (χ2n) is 4.24. The molecule has 0 bridgehead atoms. The molecule has 96 valence electrons. The van der Waals surface area contributed by atoms with E-state index < -0.39 is 23.3 Å². The highest BCUT2D eigenvalue weighted by Gasteiger charge is 2.34. The molecule has 0 aromatic heterocycles. The first-order valence-electron chi connectivity index (χ1n) is 5.66. The fraction of sp³-hybridized carbons (Fsp3) is 0.538. The van der Waals surface area contributed by atoms with Crippen LogP contribution in [-0.4, -0.2) is 19.8 Å². The van der Waals surface area contributed by atoms with Crippen molar-refractivity contribution < 1.29 is 13.5 Å². The zero-order valence-electron chi connectivity index (χ0n) is 10.7. The molecule has 0 aliphatic heterocycles. The van der Waals surface area contributed by atoms with E-state index in [2.05, 4.69) is 5.32 Å². The van der Waals surface area contributed by atoms with Gasteiger partial charge < -0.3 is 10.1 Å². The van der Waals surface area contributed by atoms with E-state index >= 15 is 0 Å². The predicted molar refractivity (Wildman–Crippen MR) is 63.9 cm³/mol. The van der Waals surface area contributed by atoms with Gasteiger partial charge in [0.25, 0.3) is 0 Å². The minimum atomic E-state index is -0.836. The smallest absolute Gasteiger partial charge is 0.163 e. The maximum Gasteiger partial charge on any atom is 0.163 e. The molecule has 0 amide bonds. The molecule has 1 aromatic carbocycles. The molecule has 0 spiro atoms. The topological polar surface area (TPSA) is 21.3 Å². The highest BCUT2D eigenvalue weighted by atomic mass is 19.2. The van der Waals surface area contributed by atoms with Crippen molar-refractivity contribution >= 4 is 0 Å². The van der Waals surface area contributed by atoms with Crippen molar-refractivity contribution in [3.8, 4) is 0 Å². The van der Waals surface area contributed by atoms with Gasteiger partial charge in [-0.3, -0.25) is 0 Å². The molecule has 0 saturated heterocycles. The van der Waals surface area contributed by atoms with Gasteiger partial charge in [0.05, 0.1) is 11.6 Å². The molecule has 0 fully saturated rings. The lowest BCUT2D eigenvalue weighted by Crippen LogP contribution is -2.42. The lowest BCUT2D eigenvalue weighted by Gasteiger charge is -2.36. The first-order valence-corrected chi connectivity index (χ1v) is 5.66. The SMILES string of the molecule is CCC(C)(OC)C(NC)c1cccc(F)c1F. The molecule has 1 aromatic rings. The summed E-state index contributed by atoms with van der Waals surface area (Å²) in [5.41, 5.74) is -0.290. The van der Waals surface area contributed by atoms with E-state index in [0.717, 1.165) is 6.07 Å². The van der Waals surface area contributed by atoms with Gasteiger partial charge in [-0.05, 0) is 26.5 Å². The van der Waals surface area contributed by atoms with E-state index in [9.17, 15) is 8.78 Å². The van der Waals surface area contributed by atoms with Gasteiger partial charge >= 0.3 is 0 Å². The molecule has 2 atom stereocenters. The van der Waals surface area contributed by atoms with E-state index in [1.54, 1.807) is 20.2 Å². The number of ether oxygens (including phenoxy) is 1. The molecule has 17 heavy (non-hydrogen) atoms. The van der Waals surface area contributed by atoms with Gasteiger partial charge in [-0.2, -0.15) is 0 Å². The van der Waals surface area contributed by atoms with Crippen molar-refractivity contribution in [2.45, 2.75) is 31.9 Å². The largest absolute Gasteiger partial charge is 0.377 e. The summed E-state index contributed by atoms with van der Waals surface area (Å²) in [6, 6.07) is 3.80. The lowest BCUT2D eigenvalue weighted by molar-refractivity contribution is -0.0290. The predicted octanol–water partition coefficient (Wildman–Crippen LogP) is 3.04. The Morgan fingerprint density at radius 2 is 2.06 bits per heavy atom. The van der Waals surface area contributed by atoms with E-state index in [-0.39, 0.29) is 0 Å². The Balaban J connectivity index is 3.22. The van der Waals surface area contributed by atoms with Crippen molar-refractivity contribution in [1.82, 2.24) is 5.32 Å². The van der Waals surface area contributed by atoms with Gasteiger partial charge in [0.2, 0.25) is 0 Å². The maximum atomic E-state index is 13.8. The lowest BCUT2D eigenvalue weighted by atomic mass is 9.87. The maximum absolute atomic E-state index is 13.8. The minimum absolute atomic E-state index is 0.290. The van der Waals surface area contributed by atoms with Crippen LogP contribution >= 0.6 is 0 Å². The number of likely N-dealkylation sites (N-methyl/N-ethyl adjacent to an activating group) is 1. The first kappa shape index (κ1) is 14.1. The van der Waals surface area contributed by atoms with Crippen molar-refractivity contribution in [3.05, 3.63) is 35.4 Å². The second-order valence-corrected chi connectivity index (χ2v) is 4.24. The Morgan fingerprint density at radius 3 is 2.53 bits per heavy atom. The van der Waals surface area contributed by atoms with Crippen LogP contribution < -0.4 is 5.32 Å². The van der Waals surface area contributed by atoms with Crippen molar-refractivity contribution in [2.24, 2.45) is 0 Å². The van der Waals surface area contributed by atoms with Crippen molar-refractivity contribution in [3.63, 3.8) is 0 Å². The fourth-order valence-corrected chi connectivity index (χ4v) is 2.00. The Kier molecular flexibility index (Phi) is 4.60. The molecule has 0 saturated carbocycles. The number of hydrogen-bond acceptors (Lipinski definition) is 2. The molecule has 1 N–H and O–H groups in total. The van der Waals surface area contributed by atoms with Gasteiger partial charge in [0.15, 0.2) is 11.6 Å². The van der Waals surface area contributed by atoms with Gasteiger partial charge in [-0.25, -0.2) is 8.78 Å². The minimum Gasteiger partial charge on any atom is -0.377 e. The van der Waals surface area contributed by atoms with Crippen LogP contribution in [0.2, 0.25) is 0 Å². The summed E-state index contributed by atoms with van der Waals surface area (Å²) in [6.07, 6.45) is 0.685. The van der Waals surface area contributed by atoms with Crippen LogP contribution in [0, 0.1) is 11.6 Å². The summed E-state index contributed by atoms with van der Waals surface area (Å²) in [5, 5.41) is 3.00. The normalized spacial score (nSPS) is 16.6. The average Bonchev–Trinajstić information content (AvgIpc) is 2.35. The summed E-state index contributed by atoms with van der Waals surface area (Å²) in [7, 11) is 3.28. The Bertz CT molecular complexity index is 378. The molecule has 0 heterocycles.